The summed E-state index contributed by atoms with van der Waals surface area (Å²) in [5, 5.41) is 0. The van der Waals surface area contributed by atoms with Crippen molar-refractivity contribution in [3.8, 4) is 0 Å². The summed E-state index contributed by atoms with van der Waals surface area (Å²) in [4.78, 5) is 17.8. The summed E-state index contributed by atoms with van der Waals surface area (Å²) < 4.78 is 37.1. The second-order valence-corrected chi connectivity index (χ2v) is 4.03. The fraction of sp³-hybridized carbons (Fsp3) is 0.455. The molecule has 7 heteroatoms. The predicted molar refractivity (Wildman–Crippen MR) is 59.1 cm³/mol. The highest BCUT2D eigenvalue weighted by Crippen LogP contribution is 2.29. The quantitative estimate of drug-likeness (QED) is 0.753. The number of hydrogen-bond acceptors (Lipinski definition) is 3. The van der Waals surface area contributed by atoms with Gasteiger partial charge in [-0.05, 0) is 12.1 Å². The van der Waals surface area contributed by atoms with Crippen LogP contribution in [0, 0.1) is 0 Å². The van der Waals surface area contributed by atoms with Gasteiger partial charge < -0.3 is 9.80 Å². The van der Waals surface area contributed by atoms with E-state index in [0.29, 0.717) is 32.0 Å². The molecule has 0 aliphatic carbocycles. The van der Waals surface area contributed by atoms with Crippen LogP contribution in [-0.4, -0.2) is 42.5 Å². The number of pyridine rings is 1. The van der Waals surface area contributed by atoms with Crippen LogP contribution in [0.25, 0.3) is 0 Å². The van der Waals surface area contributed by atoms with Gasteiger partial charge in [-0.15, -0.1) is 0 Å². The normalized spacial score (nSPS) is 16.8. The predicted octanol–water partition coefficient (Wildman–Crippen LogP) is 1.38. The lowest BCUT2D eigenvalue weighted by molar-refractivity contribution is -0.137. The second-order valence-electron chi connectivity index (χ2n) is 4.03. The van der Waals surface area contributed by atoms with E-state index in [1.807, 2.05) is 4.90 Å². The molecular formula is C11H12F3N3O. The molecule has 1 aromatic heterocycles. The van der Waals surface area contributed by atoms with E-state index in [1.54, 1.807) is 4.90 Å². The molecule has 0 N–H and O–H groups in total. The van der Waals surface area contributed by atoms with Crippen LogP contribution in [-0.2, 0) is 11.0 Å². The molecule has 0 aromatic carbocycles. The summed E-state index contributed by atoms with van der Waals surface area (Å²) >= 11 is 0. The van der Waals surface area contributed by atoms with E-state index in [0.717, 1.165) is 18.7 Å². The van der Waals surface area contributed by atoms with Crippen LogP contribution in [0.15, 0.2) is 18.3 Å². The molecule has 0 atom stereocenters. The van der Waals surface area contributed by atoms with Crippen molar-refractivity contribution >= 4 is 12.2 Å². The van der Waals surface area contributed by atoms with Gasteiger partial charge in [0, 0.05) is 32.4 Å². The molecule has 2 heterocycles. The Balaban J connectivity index is 2.05. The lowest BCUT2D eigenvalue weighted by Crippen LogP contribution is -2.46. The van der Waals surface area contributed by atoms with E-state index in [9.17, 15) is 18.0 Å². The Labute approximate surface area is 102 Å². The molecule has 0 radical (unpaired) electrons. The van der Waals surface area contributed by atoms with E-state index in [2.05, 4.69) is 4.98 Å². The third-order valence-corrected chi connectivity index (χ3v) is 2.86. The third kappa shape index (κ3) is 2.72. The number of carbonyl (C=O) groups excluding carboxylic acids is 1. The average molecular weight is 259 g/mol. The molecule has 4 nitrogen and oxygen atoms in total. The topological polar surface area (TPSA) is 36.4 Å². The standard InChI is InChI=1S/C11H12F3N3O/c12-11(13,14)9-1-2-10(15-7-9)17-5-3-16(8-18)4-6-17/h1-2,7-8H,3-6H2. The highest BCUT2D eigenvalue weighted by molar-refractivity contribution is 5.49. The van der Waals surface area contributed by atoms with E-state index < -0.39 is 11.7 Å². The number of alkyl halides is 3. The number of halogens is 3. The van der Waals surface area contributed by atoms with Gasteiger partial charge in [0.15, 0.2) is 0 Å². The highest BCUT2D eigenvalue weighted by Gasteiger charge is 2.31. The highest BCUT2D eigenvalue weighted by atomic mass is 19.4. The molecule has 1 fully saturated rings. The molecule has 2 rings (SSSR count). The summed E-state index contributed by atoms with van der Waals surface area (Å²) in [6, 6.07) is 2.38. The third-order valence-electron chi connectivity index (χ3n) is 2.86. The number of anilines is 1. The van der Waals surface area contributed by atoms with Gasteiger partial charge in [0.25, 0.3) is 0 Å². The van der Waals surface area contributed by atoms with E-state index in [1.165, 1.54) is 6.07 Å². The van der Waals surface area contributed by atoms with Crippen molar-refractivity contribution < 1.29 is 18.0 Å². The van der Waals surface area contributed by atoms with Crippen LogP contribution in [0.1, 0.15) is 5.56 Å². The zero-order chi connectivity index (χ0) is 13.2. The molecule has 0 unspecified atom stereocenters. The summed E-state index contributed by atoms with van der Waals surface area (Å²) in [7, 11) is 0. The van der Waals surface area contributed by atoms with Crippen molar-refractivity contribution in [3.63, 3.8) is 0 Å². The Morgan fingerprint density at radius 2 is 1.83 bits per heavy atom. The molecule has 1 saturated heterocycles. The molecule has 1 aromatic rings. The first kappa shape index (κ1) is 12.7. The van der Waals surface area contributed by atoms with Crippen LogP contribution in [0.3, 0.4) is 0 Å². The minimum atomic E-state index is -4.36. The van der Waals surface area contributed by atoms with Crippen LogP contribution in [0.5, 0.6) is 0 Å². The zero-order valence-electron chi connectivity index (χ0n) is 9.52. The summed E-state index contributed by atoms with van der Waals surface area (Å²) in [5.74, 6) is 0.508. The lowest BCUT2D eigenvalue weighted by atomic mass is 10.2. The Kier molecular flexibility index (Phi) is 3.40. The first-order valence-corrected chi connectivity index (χ1v) is 5.48. The van der Waals surface area contributed by atoms with Crippen LogP contribution >= 0.6 is 0 Å². The van der Waals surface area contributed by atoms with Gasteiger partial charge >= 0.3 is 6.18 Å². The minimum Gasteiger partial charge on any atom is -0.353 e. The van der Waals surface area contributed by atoms with Crippen molar-refractivity contribution in [3.05, 3.63) is 23.9 Å². The van der Waals surface area contributed by atoms with Gasteiger partial charge in [0.05, 0.1) is 5.56 Å². The average Bonchev–Trinajstić information content (AvgIpc) is 2.38. The first-order valence-electron chi connectivity index (χ1n) is 5.48. The van der Waals surface area contributed by atoms with Crippen molar-refractivity contribution in [1.29, 1.82) is 0 Å². The summed E-state index contributed by atoms with van der Waals surface area (Å²) in [6.45, 7) is 2.28. The molecule has 1 aliphatic heterocycles. The van der Waals surface area contributed by atoms with E-state index >= 15 is 0 Å². The maximum atomic E-state index is 12.4. The van der Waals surface area contributed by atoms with Crippen molar-refractivity contribution in [2.24, 2.45) is 0 Å². The van der Waals surface area contributed by atoms with Crippen LogP contribution in [0.4, 0.5) is 19.0 Å². The lowest BCUT2D eigenvalue weighted by Gasteiger charge is -2.33. The number of rotatable bonds is 2. The van der Waals surface area contributed by atoms with E-state index in [4.69, 9.17) is 0 Å². The van der Waals surface area contributed by atoms with Gasteiger partial charge in [-0.3, -0.25) is 4.79 Å². The first-order chi connectivity index (χ1) is 8.50. The van der Waals surface area contributed by atoms with Gasteiger partial charge in [0.2, 0.25) is 6.41 Å². The van der Waals surface area contributed by atoms with Gasteiger partial charge in [0.1, 0.15) is 5.82 Å². The van der Waals surface area contributed by atoms with Crippen molar-refractivity contribution in [1.82, 2.24) is 9.88 Å². The number of hydrogen-bond donors (Lipinski definition) is 0. The maximum Gasteiger partial charge on any atom is 0.417 e. The fourth-order valence-electron chi connectivity index (χ4n) is 1.80. The number of carbonyl (C=O) groups is 1. The van der Waals surface area contributed by atoms with E-state index in [-0.39, 0.29) is 0 Å². The van der Waals surface area contributed by atoms with Crippen molar-refractivity contribution in [2.45, 2.75) is 6.18 Å². The Morgan fingerprint density at radius 1 is 1.17 bits per heavy atom. The molecule has 1 amide bonds. The van der Waals surface area contributed by atoms with Crippen LogP contribution in [0.2, 0.25) is 0 Å². The zero-order valence-corrected chi connectivity index (χ0v) is 9.52. The summed E-state index contributed by atoms with van der Waals surface area (Å²) in [5.41, 5.74) is -0.752. The Hall–Kier alpha value is -1.79. The number of nitrogens with zero attached hydrogens (tertiary/aromatic N) is 3. The number of aromatic nitrogens is 1. The second kappa shape index (κ2) is 4.83. The number of amides is 1. The largest absolute Gasteiger partial charge is 0.417 e. The van der Waals surface area contributed by atoms with Crippen LogP contribution < -0.4 is 4.90 Å². The maximum absolute atomic E-state index is 12.4. The Bertz CT molecular complexity index is 411. The molecular weight excluding hydrogens is 247 g/mol. The van der Waals surface area contributed by atoms with Gasteiger partial charge in [-0.1, -0.05) is 0 Å². The number of piperazine rings is 1. The summed E-state index contributed by atoms with van der Waals surface area (Å²) in [6.07, 6.45) is -2.75. The SMILES string of the molecule is O=CN1CCN(c2ccc(C(F)(F)F)cn2)CC1. The minimum absolute atomic E-state index is 0.508. The van der Waals surface area contributed by atoms with Gasteiger partial charge in [-0.25, -0.2) is 4.98 Å². The molecule has 0 spiro atoms. The molecule has 0 bridgehead atoms. The molecule has 18 heavy (non-hydrogen) atoms. The fourth-order valence-corrected chi connectivity index (χ4v) is 1.80. The molecule has 98 valence electrons. The smallest absolute Gasteiger partial charge is 0.353 e. The molecule has 0 saturated carbocycles. The van der Waals surface area contributed by atoms with Gasteiger partial charge in [-0.2, -0.15) is 13.2 Å². The monoisotopic (exact) mass is 259 g/mol. The van der Waals surface area contributed by atoms with Crippen molar-refractivity contribution in [2.75, 3.05) is 31.1 Å². The Morgan fingerprint density at radius 3 is 2.28 bits per heavy atom. The molecule has 1 aliphatic rings.